The first-order valence-electron chi connectivity index (χ1n) is 9.51. The molecule has 1 heterocycles. The van der Waals surface area contributed by atoms with Crippen molar-refractivity contribution in [3.05, 3.63) is 53.1 Å². The molecule has 1 unspecified atom stereocenters. The predicted octanol–water partition coefficient (Wildman–Crippen LogP) is 3.34. The highest BCUT2D eigenvalue weighted by atomic mass is 35.5. The number of hydrogen-bond acceptors (Lipinski definition) is 5. The molecule has 3 rings (SSSR count). The molecule has 0 saturated carbocycles. The summed E-state index contributed by atoms with van der Waals surface area (Å²) in [5, 5.41) is 0.445. The van der Waals surface area contributed by atoms with E-state index in [9.17, 15) is 13.2 Å². The molecule has 7 nitrogen and oxygen atoms in total. The second-order valence-electron chi connectivity index (χ2n) is 7.07. The number of carbonyl (C=O) groups is 1. The maximum atomic E-state index is 13.0. The van der Waals surface area contributed by atoms with Gasteiger partial charge in [-0.1, -0.05) is 11.6 Å². The zero-order valence-electron chi connectivity index (χ0n) is 17.2. The van der Waals surface area contributed by atoms with Gasteiger partial charge in [0.05, 0.1) is 31.7 Å². The molecule has 0 aromatic heterocycles. The molecule has 1 amide bonds. The summed E-state index contributed by atoms with van der Waals surface area (Å²) in [4.78, 5) is 14.8. The lowest BCUT2D eigenvalue weighted by atomic mass is 10.0. The van der Waals surface area contributed by atoms with Gasteiger partial charge in [-0.3, -0.25) is 4.79 Å². The number of halogens is 1. The molecule has 0 radical (unpaired) electrons. The molecule has 1 aliphatic heterocycles. The molecule has 1 fully saturated rings. The first-order valence-corrected chi connectivity index (χ1v) is 11.3. The Kier molecular flexibility index (Phi) is 6.90. The minimum absolute atomic E-state index is 0.0944. The van der Waals surface area contributed by atoms with Gasteiger partial charge < -0.3 is 14.4 Å². The second-order valence-corrected chi connectivity index (χ2v) is 9.55. The van der Waals surface area contributed by atoms with Gasteiger partial charge in [0.25, 0.3) is 0 Å². The number of ether oxygens (including phenoxy) is 2. The number of nitrogens with zero attached hydrogens (tertiary/aromatic N) is 2. The summed E-state index contributed by atoms with van der Waals surface area (Å²) in [5.41, 5.74) is 0.882. The number of likely N-dealkylation sites (tertiary alicyclic amines) is 1. The second kappa shape index (κ2) is 9.24. The van der Waals surface area contributed by atoms with Crippen LogP contribution in [0.25, 0.3) is 0 Å². The fraction of sp³-hybridized carbons (Fsp3) is 0.381. The molecule has 1 saturated heterocycles. The Labute approximate surface area is 182 Å². The van der Waals surface area contributed by atoms with E-state index in [0.717, 1.165) is 22.7 Å². The fourth-order valence-corrected chi connectivity index (χ4v) is 4.88. The number of methoxy groups -OCH3 is 2. The lowest BCUT2D eigenvalue weighted by Crippen LogP contribution is -2.40. The van der Waals surface area contributed by atoms with Crippen molar-refractivity contribution < 1.29 is 22.7 Å². The van der Waals surface area contributed by atoms with Gasteiger partial charge in [0.15, 0.2) is 0 Å². The van der Waals surface area contributed by atoms with Crippen molar-refractivity contribution >= 4 is 27.5 Å². The van der Waals surface area contributed by atoms with E-state index in [-0.39, 0.29) is 23.4 Å². The molecular weight excluding hydrogens is 428 g/mol. The van der Waals surface area contributed by atoms with Crippen molar-refractivity contribution in [2.45, 2.75) is 23.8 Å². The summed E-state index contributed by atoms with van der Waals surface area (Å²) in [6, 6.07) is 11.2. The highest BCUT2D eigenvalue weighted by Gasteiger charge is 2.34. The monoisotopic (exact) mass is 452 g/mol. The van der Waals surface area contributed by atoms with Gasteiger partial charge >= 0.3 is 0 Å². The van der Waals surface area contributed by atoms with Crippen molar-refractivity contribution in [1.29, 1.82) is 0 Å². The maximum absolute atomic E-state index is 13.0. The van der Waals surface area contributed by atoms with Crippen LogP contribution < -0.4 is 9.47 Å². The maximum Gasteiger partial charge on any atom is 0.243 e. The smallest absolute Gasteiger partial charge is 0.243 e. The van der Waals surface area contributed by atoms with Crippen LogP contribution in [0, 0.1) is 0 Å². The minimum Gasteiger partial charge on any atom is -0.497 e. The molecular formula is C21H25ClN2O5S. The van der Waals surface area contributed by atoms with Crippen LogP contribution in [0.2, 0.25) is 5.02 Å². The summed E-state index contributed by atoms with van der Waals surface area (Å²) < 4.78 is 37.4. The lowest BCUT2D eigenvalue weighted by Gasteiger charge is -2.28. The number of amides is 1. The van der Waals surface area contributed by atoms with Crippen LogP contribution in [0.1, 0.15) is 24.4 Å². The predicted molar refractivity (Wildman–Crippen MR) is 115 cm³/mol. The molecule has 0 aliphatic carbocycles. The number of likely N-dealkylation sites (N-methyl/N-ethyl adjacent to an activating group) is 1. The third-order valence-electron chi connectivity index (χ3n) is 5.25. The van der Waals surface area contributed by atoms with E-state index in [1.54, 1.807) is 25.2 Å². The van der Waals surface area contributed by atoms with E-state index in [1.165, 1.54) is 31.3 Å². The zero-order chi connectivity index (χ0) is 21.9. The van der Waals surface area contributed by atoms with Gasteiger partial charge in [0.1, 0.15) is 11.5 Å². The van der Waals surface area contributed by atoms with E-state index >= 15 is 0 Å². The minimum atomic E-state index is -3.80. The van der Waals surface area contributed by atoms with Crippen molar-refractivity contribution in [2.75, 3.05) is 34.4 Å². The largest absolute Gasteiger partial charge is 0.497 e. The molecule has 0 spiro atoms. The highest BCUT2D eigenvalue weighted by molar-refractivity contribution is 7.89. The molecule has 1 aliphatic rings. The van der Waals surface area contributed by atoms with Crippen LogP contribution >= 0.6 is 11.6 Å². The standard InChI is InChI=1S/C21H25ClN2O5S/c1-23(30(26,27)17-9-6-15(22)7-10-17)14-21(25)24-12-4-5-19(24)18-11-8-16(28-2)13-20(18)29-3/h6-11,13,19H,4-5,12,14H2,1-3H3. The normalized spacial score (nSPS) is 16.7. The van der Waals surface area contributed by atoms with Crippen LogP contribution in [0.4, 0.5) is 0 Å². The van der Waals surface area contributed by atoms with Crippen molar-refractivity contribution in [3.63, 3.8) is 0 Å². The number of hydrogen-bond donors (Lipinski definition) is 0. The Hall–Kier alpha value is -2.29. The summed E-state index contributed by atoms with van der Waals surface area (Å²) in [5.74, 6) is 1.05. The van der Waals surface area contributed by atoms with Gasteiger partial charge in [0, 0.05) is 30.2 Å². The first-order chi connectivity index (χ1) is 14.3. The average molecular weight is 453 g/mol. The van der Waals surface area contributed by atoms with Crippen LogP contribution in [0.5, 0.6) is 11.5 Å². The molecule has 0 bridgehead atoms. The molecule has 1 atom stereocenters. The SMILES string of the molecule is COc1ccc(C2CCCN2C(=O)CN(C)S(=O)(=O)c2ccc(Cl)cc2)c(OC)c1. The number of rotatable bonds is 7. The van der Waals surface area contributed by atoms with E-state index in [1.807, 2.05) is 12.1 Å². The summed E-state index contributed by atoms with van der Waals surface area (Å²) in [7, 11) is 0.761. The molecule has 9 heteroatoms. The Bertz CT molecular complexity index is 1010. The topological polar surface area (TPSA) is 76.2 Å². The Morgan fingerprint density at radius 1 is 1.17 bits per heavy atom. The Morgan fingerprint density at radius 2 is 1.87 bits per heavy atom. The van der Waals surface area contributed by atoms with Crippen LogP contribution in [-0.4, -0.2) is 57.9 Å². The van der Waals surface area contributed by atoms with E-state index in [2.05, 4.69) is 0 Å². The number of benzene rings is 2. The fourth-order valence-electron chi connectivity index (χ4n) is 3.64. The summed E-state index contributed by atoms with van der Waals surface area (Å²) >= 11 is 5.84. The molecule has 0 N–H and O–H groups in total. The van der Waals surface area contributed by atoms with Crippen molar-refractivity contribution in [2.24, 2.45) is 0 Å². The Balaban J connectivity index is 1.78. The van der Waals surface area contributed by atoms with Crippen molar-refractivity contribution in [1.82, 2.24) is 9.21 Å². The van der Waals surface area contributed by atoms with E-state index in [4.69, 9.17) is 21.1 Å². The molecule has 2 aromatic carbocycles. The molecule has 30 heavy (non-hydrogen) atoms. The van der Waals surface area contributed by atoms with Crippen LogP contribution in [-0.2, 0) is 14.8 Å². The summed E-state index contributed by atoms with van der Waals surface area (Å²) in [6.07, 6.45) is 1.61. The average Bonchev–Trinajstić information content (AvgIpc) is 3.23. The van der Waals surface area contributed by atoms with Crippen LogP contribution in [0.3, 0.4) is 0 Å². The van der Waals surface area contributed by atoms with Gasteiger partial charge in [-0.25, -0.2) is 8.42 Å². The third-order valence-corrected chi connectivity index (χ3v) is 7.32. The number of carbonyl (C=O) groups excluding carboxylic acids is 1. The highest BCUT2D eigenvalue weighted by Crippen LogP contribution is 2.38. The zero-order valence-corrected chi connectivity index (χ0v) is 18.7. The van der Waals surface area contributed by atoms with Gasteiger partial charge in [-0.15, -0.1) is 0 Å². The molecule has 162 valence electrons. The lowest BCUT2D eigenvalue weighted by molar-refractivity contribution is -0.132. The number of sulfonamides is 1. The van der Waals surface area contributed by atoms with Gasteiger partial charge in [0.2, 0.25) is 15.9 Å². The van der Waals surface area contributed by atoms with Crippen molar-refractivity contribution in [3.8, 4) is 11.5 Å². The van der Waals surface area contributed by atoms with Gasteiger partial charge in [-0.2, -0.15) is 4.31 Å². The van der Waals surface area contributed by atoms with E-state index in [0.29, 0.717) is 23.1 Å². The summed E-state index contributed by atoms with van der Waals surface area (Å²) in [6.45, 7) is 0.313. The van der Waals surface area contributed by atoms with Crippen LogP contribution in [0.15, 0.2) is 47.4 Å². The Morgan fingerprint density at radius 3 is 2.50 bits per heavy atom. The quantitative estimate of drug-likeness (QED) is 0.644. The first kappa shape index (κ1) is 22.4. The van der Waals surface area contributed by atoms with E-state index < -0.39 is 10.0 Å². The molecule has 2 aromatic rings. The third kappa shape index (κ3) is 4.55. The van der Waals surface area contributed by atoms with Gasteiger partial charge in [-0.05, 0) is 49.2 Å².